The molecule has 0 aliphatic carbocycles. The zero-order valence-corrected chi connectivity index (χ0v) is 26.0. The molecule has 1 aliphatic rings. The molecule has 0 fully saturated rings. The predicted molar refractivity (Wildman–Crippen MR) is 162 cm³/mol. The smallest absolute Gasteiger partial charge is 0.416 e. The first kappa shape index (κ1) is 34.5. The minimum absolute atomic E-state index is 0.00155. The van der Waals surface area contributed by atoms with Gasteiger partial charge in [-0.1, -0.05) is 6.92 Å². The van der Waals surface area contributed by atoms with E-state index in [1.807, 2.05) is 6.92 Å². The molecule has 0 radical (unpaired) electrons. The number of rotatable bonds is 8. The molecule has 3 amide bonds. The van der Waals surface area contributed by atoms with Crippen molar-refractivity contribution in [3.05, 3.63) is 83.7 Å². The molecule has 15 heteroatoms. The lowest BCUT2D eigenvalue weighted by molar-refractivity contribution is -0.137. The second-order valence-corrected chi connectivity index (χ2v) is 12.8. The average molecular weight is 667 g/mol. The number of sulfonamides is 1. The van der Waals surface area contributed by atoms with Crippen molar-refractivity contribution in [2.45, 2.75) is 43.5 Å². The number of likely N-dealkylation sites (N-methyl/N-ethyl adjacent to an activating group) is 1. The van der Waals surface area contributed by atoms with E-state index in [1.54, 1.807) is 6.92 Å². The van der Waals surface area contributed by atoms with Crippen LogP contribution >= 0.6 is 0 Å². The van der Waals surface area contributed by atoms with Crippen molar-refractivity contribution in [1.29, 1.82) is 0 Å². The van der Waals surface area contributed by atoms with Crippen molar-refractivity contribution in [3.8, 4) is 5.75 Å². The van der Waals surface area contributed by atoms with Crippen molar-refractivity contribution in [2.75, 3.05) is 36.8 Å². The monoisotopic (exact) mass is 666 g/mol. The van der Waals surface area contributed by atoms with E-state index in [0.29, 0.717) is 5.56 Å². The summed E-state index contributed by atoms with van der Waals surface area (Å²) in [5.74, 6) is -1.04. The van der Waals surface area contributed by atoms with Crippen molar-refractivity contribution >= 4 is 33.3 Å². The van der Waals surface area contributed by atoms with Crippen LogP contribution in [-0.4, -0.2) is 74.2 Å². The summed E-state index contributed by atoms with van der Waals surface area (Å²) >= 11 is 0. The quantitative estimate of drug-likeness (QED) is 0.292. The fourth-order valence-electron chi connectivity index (χ4n) is 4.85. The highest BCUT2D eigenvalue weighted by atomic mass is 32.2. The fourth-order valence-corrected chi connectivity index (χ4v) is 5.90. The summed E-state index contributed by atoms with van der Waals surface area (Å²) in [6.45, 7) is 3.34. The number of hydrogen-bond donors (Lipinski definition) is 3. The lowest BCUT2D eigenvalue weighted by Crippen LogP contribution is -2.48. The van der Waals surface area contributed by atoms with Crippen LogP contribution in [0.3, 0.4) is 0 Å². The Balaban J connectivity index is 1.58. The number of halogens is 4. The van der Waals surface area contributed by atoms with Crippen LogP contribution in [0, 0.1) is 11.7 Å². The maximum Gasteiger partial charge on any atom is 0.416 e. The molecule has 3 N–H and O–H groups in total. The summed E-state index contributed by atoms with van der Waals surface area (Å²) in [6.07, 6.45) is -5.41. The fraction of sp³-hybridized carbons (Fsp3) is 0.355. The number of nitrogens with one attached hydrogen (secondary N) is 2. The van der Waals surface area contributed by atoms with Gasteiger partial charge in [0.25, 0.3) is 10.0 Å². The van der Waals surface area contributed by atoms with E-state index in [2.05, 4.69) is 10.0 Å². The first-order chi connectivity index (χ1) is 21.6. The highest BCUT2D eigenvalue weighted by Gasteiger charge is 2.33. The van der Waals surface area contributed by atoms with Crippen LogP contribution in [0.4, 0.5) is 33.7 Å². The summed E-state index contributed by atoms with van der Waals surface area (Å²) in [6, 6.07) is 11.5. The van der Waals surface area contributed by atoms with Crippen LogP contribution in [0.2, 0.25) is 0 Å². The topological polar surface area (TPSA) is 128 Å². The third kappa shape index (κ3) is 8.46. The lowest BCUT2D eigenvalue weighted by Gasteiger charge is -2.34. The Morgan fingerprint density at radius 2 is 1.72 bits per heavy atom. The Morgan fingerprint density at radius 1 is 1.09 bits per heavy atom. The van der Waals surface area contributed by atoms with Crippen LogP contribution in [0.25, 0.3) is 0 Å². The Labute approximate surface area is 264 Å². The van der Waals surface area contributed by atoms with E-state index in [0.717, 1.165) is 48.5 Å². The molecule has 1 aliphatic heterocycles. The van der Waals surface area contributed by atoms with E-state index in [9.17, 15) is 40.7 Å². The molecule has 10 nitrogen and oxygen atoms in total. The number of benzene rings is 3. The van der Waals surface area contributed by atoms with Gasteiger partial charge in [0.05, 0.1) is 36.1 Å². The predicted octanol–water partition coefficient (Wildman–Crippen LogP) is 4.96. The number of urea groups is 1. The van der Waals surface area contributed by atoms with Gasteiger partial charge in [-0.2, -0.15) is 13.2 Å². The number of alkyl halides is 3. The summed E-state index contributed by atoms with van der Waals surface area (Å²) in [7, 11) is -2.61. The number of fused-ring (bicyclic) bond motifs is 1. The number of aliphatic hydroxyl groups is 1. The minimum atomic E-state index is -4.52. The maximum atomic E-state index is 13.4. The van der Waals surface area contributed by atoms with E-state index >= 15 is 0 Å². The summed E-state index contributed by atoms with van der Waals surface area (Å²) in [5, 5.41) is 12.4. The van der Waals surface area contributed by atoms with Gasteiger partial charge < -0.3 is 25.0 Å². The van der Waals surface area contributed by atoms with Crippen LogP contribution in [-0.2, 0) is 27.4 Å². The standard InChI is InChI=1S/C31H34F4N4O6S/c1-19-16-39(20(2)18-40)29(41)15-21-14-25(37-46(43,44)26-11-6-23(32)7-12-26)10-13-27(21)45-28(19)17-38(3)30(42)36-24-8-4-22(5-9-24)31(33,34)35/h4-14,19-20,28,37,40H,15-18H2,1-3H3,(H,36,42)/t19-,20-,28-/m1/s1. The molecule has 1 heterocycles. The molecular weight excluding hydrogens is 632 g/mol. The third-order valence-corrected chi connectivity index (χ3v) is 8.95. The first-order valence-corrected chi connectivity index (χ1v) is 15.7. The van der Waals surface area contributed by atoms with E-state index < -0.39 is 45.8 Å². The number of carbonyl (C=O) groups excluding carboxylic acids is 2. The van der Waals surface area contributed by atoms with Crippen molar-refractivity contribution in [3.63, 3.8) is 0 Å². The van der Waals surface area contributed by atoms with Crippen LogP contribution < -0.4 is 14.8 Å². The summed E-state index contributed by atoms with van der Waals surface area (Å²) in [5.41, 5.74) is -0.232. The SMILES string of the molecule is C[C@@H]1CN([C@H](C)CO)C(=O)Cc2cc(NS(=O)(=O)c3ccc(F)cc3)ccc2O[C@@H]1CN(C)C(=O)Nc1ccc(C(F)(F)F)cc1. The molecule has 3 aromatic carbocycles. The van der Waals surface area contributed by atoms with Gasteiger partial charge >= 0.3 is 12.2 Å². The highest BCUT2D eigenvalue weighted by molar-refractivity contribution is 7.92. The highest BCUT2D eigenvalue weighted by Crippen LogP contribution is 2.31. The van der Waals surface area contributed by atoms with Gasteiger partial charge in [-0.25, -0.2) is 17.6 Å². The maximum absolute atomic E-state index is 13.4. The largest absolute Gasteiger partial charge is 0.488 e. The number of nitrogens with zero attached hydrogens (tertiary/aromatic N) is 2. The van der Waals surface area contributed by atoms with Crippen LogP contribution in [0.5, 0.6) is 5.75 Å². The zero-order valence-electron chi connectivity index (χ0n) is 25.2. The van der Waals surface area contributed by atoms with E-state index in [-0.39, 0.29) is 60.0 Å². The average Bonchev–Trinajstić information content (AvgIpc) is 3.04. The summed E-state index contributed by atoms with van der Waals surface area (Å²) in [4.78, 5) is 29.0. The van der Waals surface area contributed by atoms with Crippen LogP contribution in [0.1, 0.15) is 25.0 Å². The number of carbonyl (C=O) groups is 2. The van der Waals surface area contributed by atoms with Gasteiger partial charge in [-0.3, -0.25) is 9.52 Å². The van der Waals surface area contributed by atoms with Gasteiger partial charge in [-0.15, -0.1) is 0 Å². The van der Waals surface area contributed by atoms with Crippen LogP contribution in [0.15, 0.2) is 71.6 Å². The molecule has 0 saturated heterocycles. The normalized spacial score (nSPS) is 17.9. The molecular formula is C31H34F4N4O6S. The molecule has 0 spiro atoms. The van der Waals surface area contributed by atoms with Crippen molar-refractivity contribution in [2.24, 2.45) is 5.92 Å². The second-order valence-electron chi connectivity index (χ2n) is 11.2. The van der Waals surface area contributed by atoms with Gasteiger partial charge in [0, 0.05) is 36.4 Å². The molecule has 3 atom stereocenters. The summed E-state index contributed by atoms with van der Waals surface area (Å²) < 4.78 is 86.7. The molecule has 46 heavy (non-hydrogen) atoms. The lowest BCUT2D eigenvalue weighted by atomic mass is 10.0. The number of hydrogen-bond acceptors (Lipinski definition) is 6. The zero-order chi connectivity index (χ0) is 33.8. The van der Waals surface area contributed by atoms with Gasteiger partial charge in [0.15, 0.2) is 0 Å². The molecule has 248 valence electrons. The number of aliphatic hydroxyl groups excluding tert-OH is 1. The molecule has 0 bridgehead atoms. The van der Waals surface area contributed by atoms with E-state index in [1.165, 1.54) is 35.0 Å². The molecule has 4 rings (SSSR count). The molecule has 0 aromatic heterocycles. The first-order valence-electron chi connectivity index (χ1n) is 14.2. The number of anilines is 2. The Hall–Kier alpha value is -4.37. The molecule has 0 saturated carbocycles. The van der Waals surface area contributed by atoms with Crippen molar-refractivity contribution < 1.29 is 45.4 Å². The van der Waals surface area contributed by atoms with Gasteiger partial charge in [-0.05, 0) is 73.7 Å². The molecule has 3 aromatic rings. The Bertz CT molecular complexity index is 1650. The third-order valence-electron chi connectivity index (χ3n) is 7.56. The Morgan fingerprint density at radius 3 is 2.33 bits per heavy atom. The number of amides is 3. The minimum Gasteiger partial charge on any atom is -0.488 e. The van der Waals surface area contributed by atoms with E-state index in [4.69, 9.17) is 4.74 Å². The van der Waals surface area contributed by atoms with Crippen molar-refractivity contribution in [1.82, 2.24) is 9.80 Å². The van der Waals surface area contributed by atoms with Gasteiger partial charge in [0.1, 0.15) is 17.7 Å². The molecule has 0 unspecified atom stereocenters. The van der Waals surface area contributed by atoms with Gasteiger partial charge in [0.2, 0.25) is 5.91 Å². The number of ether oxygens (including phenoxy) is 1. The Kier molecular flexibility index (Phi) is 10.5. The second kappa shape index (κ2) is 14.0.